The fourth-order valence-electron chi connectivity index (χ4n) is 2.14. The number of ether oxygens (including phenoxy) is 1. The van der Waals surface area contributed by atoms with Crippen molar-refractivity contribution in [3.05, 3.63) is 27.0 Å². The van der Waals surface area contributed by atoms with Crippen LogP contribution in [0, 0.1) is 10.1 Å². The monoisotopic (exact) mass is 330 g/mol. The van der Waals surface area contributed by atoms with E-state index in [2.05, 4.69) is 26.2 Å². The van der Waals surface area contributed by atoms with Gasteiger partial charge in [-0.15, -0.1) is 0 Å². The quantitative estimate of drug-likeness (QED) is 0.659. The van der Waals surface area contributed by atoms with Crippen LogP contribution in [0.3, 0.4) is 0 Å². The van der Waals surface area contributed by atoms with E-state index in [1.807, 2.05) is 11.9 Å². The van der Waals surface area contributed by atoms with Crippen molar-refractivity contribution < 1.29 is 9.66 Å². The fourth-order valence-corrected chi connectivity index (χ4v) is 2.71. The zero-order valence-corrected chi connectivity index (χ0v) is 12.1. The van der Waals surface area contributed by atoms with Gasteiger partial charge in [0.05, 0.1) is 22.1 Å². The third-order valence-corrected chi connectivity index (χ3v) is 3.52. The minimum absolute atomic E-state index is 0.0134. The zero-order chi connectivity index (χ0) is 13.8. The number of halogens is 1. The molecular formula is C11H15BrN4O3. The van der Waals surface area contributed by atoms with Crippen LogP contribution in [0.5, 0.6) is 0 Å². The van der Waals surface area contributed by atoms with Crippen molar-refractivity contribution in [2.24, 2.45) is 0 Å². The summed E-state index contributed by atoms with van der Waals surface area (Å²) in [6, 6.07) is 0. The third-order valence-electron chi connectivity index (χ3n) is 2.94. The molecule has 0 radical (unpaired) electrons. The Balaban J connectivity index is 2.28. The van der Waals surface area contributed by atoms with E-state index in [1.165, 1.54) is 6.20 Å². The second-order valence-corrected chi connectivity index (χ2v) is 5.10. The smallest absolute Gasteiger partial charge is 0.311 e. The maximum atomic E-state index is 11.1. The van der Waals surface area contributed by atoms with Crippen molar-refractivity contribution in [2.75, 3.05) is 38.2 Å². The minimum atomic E-state index is -0.407. The average Bonchev–Trinajstić information content (AvgIpc) is 2.39. The van der Waals surface area contributed by atoms with Gasteiger partial charge < -0.3 is 15.0 Å². The molecule has 7 nitrogen and oxygen atoms in total. The number of likely N-dealkylation sites (N-methyl/N-ethyl adjacent to an activating group) is 1. The molecule has 1 fully saturated rings. The summed E-state index contributed by atoms with van der Waals surface area (Å²) in [7, 11) is 1.85. The summed E-state index contributed by atoms with van der Waals surface area (Å²) >= 11 is 3.34. The number of anilines is 1. The first kappa shape index (κ1) is 14.2. The highest BCUT2D eigenvalue weighted by atomic mass is 79.9. The lowest BCUT2D eigenvalue weighted by atomic mass is 10.2. The number of nitrogens with zero attached hydrogens (tertiary/aromatic N) is 3. The Bertz CT molecular complexity index is 469. The molecule has 1 unspecified atom stereocenters. The molecule has 0 spiro atoms. The van der Waals surface area contributed by atoms with Gasteiger partial charge in [0.2, 0.25) is 0 Å². The summed E-state index contributed by atoms with van der Waals surface area (Å²) in [4.78, 5) is 16.5. The van der Waals surface area contributed by atoms with Crippen LogP contribution < -0.4 is 10.2 Å². The number of morpholine rings is 1. The molecule has 0 aromatic carbocycles. The highest BCUT2D eigenvalue weighted by Gasteiger charge is 2.27. The van der Waals surface area contributed by atoms with E-state index < -0.39 is 4.92 Å². The first-order valence-electron chi connectivity index (χ1n) is 5.92. The molecule has 19 heavy (non-hydrogen) atoms. The molecule has 1 aliphatic heterocycles. The van der Waals surface area contributed by atoms with Crippen LogP contribution in [0.25, 0.3) is 0 Å². The Kier molecular flexibility index (Phi) is 4.67. The van der Waals surface area contributed by atoms with Crippen LogP contribution in [0.15, 0.2) is 16.9 Å². The number of hydrogen-bond donors (Lipinski definition) is 1. The summed E-state index contributed by atoms with van der Waals surface area (Å²) in [6.07, 6.45) is 2.88. The van der Waals surface area contributed by atoms with Gasteiger partial charge in [0, 0.05) is 25.8 Å². The number of aromatic nitrogens is 1. The van der Waals surface area contributed by atoms with E-state index in [1.54, 1.807) is 6.20 Å². The van der Waals surface area contributed by atoms with Gasteiger partial charge in [-0.1, -0.05) is 0 Å². The molecule has 1 aliphatic rings. The zero-order valence-electron chi connectivity index (χ0n) is 10.5. The Morgan fingerprint density at radius 1 is 1.68 bits per heavy atom. The predicted molar refractivity (Wildman–Crippen MR) is 74.5 cm³/mol. The van der Waals surface area contributed by atoms with Crippen LogP contribution in [0.2, 0.25) is 0 Å². The van der Waals surface area contributed by atoms with E-state index in [4.69, 9.17) is 4.74 Å². The van der Waals surface area contributed by atoms with E-state index >= 15 is 0 Å². The first-order chi connectivity index (χ1) is 9.13. The normalized spacial score (nSPS) is 19.5. The summed E-state index contributed by atoms with van der Waals surface area (Å²) in [5.41, 5.74) is 0.587. The second-order valence-electron chi connectivity index (χ2n) is 4.24. The van der Waals surface area contributed by atoms with Gasteiger partial charge in [0.15, 0.2) is 0 Å². The Morgan fingerprint density at radius 3 is 3.16 bits per heavy atom. The summed E-state index contributed by atoms with van der Waals surface area (Å²) in [6.45, 7) is 2.51. The molecule has 104 valence electrons. The van der Waals surface area contributed by atoms with Crippen molar-refractivity contribution in [3.8, 4) is 0 Å². The second kappa shape index (κ2) is 6.27. The summed E-state index contributed by atoms with van der Waals surface area (Å²) in [5.74, 6) is 0. The number of nitro groups is 1. The molecule has 1 atom stereocenters. The van der Waals surface area contributed by atoms with Crippen LogP contribution in [-0.4, -0.2) is 49.3 Å². The highest BCUT2D eigenvalue weighted by molar-refractivity contribution is 9.10. The van der Waals surface area contributed by atoms with Gasteiger partial charge in [-0.2, -0.15) is 0 Å². The number of pyridine rings is 1. The van der Waals surface area contributed by atoms with Crippen molar-refractivity contribution in [2.45, 2.75) is 6.10 Å². The number of rotatable bonds is 4. The van der Waals surface area contributed by atoms with Crippen molar-refractivity contribution in [3.63, 3.8) is 0 Å². The number of nitrogens with one attached hydrogen (secondary N) is 1. The van der Waals surface area contributed by atoms with Crippen molar-refractivity contribution in [1.82, 2.24) is 10.3 Å². The molecule has 2 rings (SSSR count). The first-order valence-corrected chi connectivity index (χ1v) is 6.71. The van der Waals surface area contributed by atoms with E-state index in [-0.39, 0.29) is 11.8 Å². The van der Waals surface area contributed by atoms with Gasteiger partial charge in [0.25, 0.3) is 0 Å². The van der Waals surface area contributed by atoms with Crippen LogP contribution in [0.4, 0.5) is 11.4 Å². The summed E-state index contributed by atoms with van der Waals surface area (Å²) in [5, 5.41) is 14.2. The SMILES string of the molecule is CNCC1CN(c2c(Br)cncc2[N+](=O)[O-])CCO1. The molecule has 0 bridgehead atoms. The van der Waals surface area contributed by atoms with Crippen molar-refractivity contribution >= 4 is 27.3 Å². The van der Waals surface area contributed by atoms with Crippen molar-refractivity contribution in [1.29, 1.82) is 0 Å². The van der Waals surface area contributed by atoms with Gasteiger partial charge in [0.1, 0.15) is 11.9 Å². The molecule has 1 N–H and O–H groups in total. The van der Waals surface area contributed by atoms with E-state index in [0.717, 1.165) is 0 Å². The lowest BCUT2D eigenvalue weighted by Gasteiger charge is -2.34. The Morgan fingerprint density at radius 2 is 2.47 bits per heavy atom. The van der Waals surface area contributed by atoms with Gasteiger partial charge in [-0.05, 0) is 23.0 Å². The van der Waals surface area contributed by atoms with Gasteiger partial charge >= 0.3 is 5.69 Å². The fraction of sp³-hybridized carbons (Fsp3) is 0.545. The largest absolute Gasteiger partial charge is 0.373 e. The van der Waals surface area contributed by atoms with Crippen LogP contribution in [-0.2, 0) is 4.74 Å². The number of hydrogen-bond acceptors (Lipinski definition) is 6. The lowest BCUT2D eigenvalue weighted by Crippen LogP contribution is -2.46. The molecule has 1 aromatic heterocycles. The van der Waals surface area contributed by atoms with Gasteiger partial charge in [-0.25, -0.2) is 0 Å². The molecule has 1 saturated heterocycles. The lowest BCUT2D eigenvalue weighted by molar-refractivity contribution is -0.384. The standard InChI is InChI=1S/C11H15BrN4O3/c1-13-4-8-7-15(2-3-19-8)11-9(12)5-14-6-10(11)16(17)18/h5-6,8,13H,2-4,7H2,1H3. The van der Waals surface area contributed by atoms with Crippen LogP contribution in [0.1, 0.15) is 0 Å². The maximum Gasteiger partial charge on any atom is 0.311 e. The molecule has 2 heterocycles. The molecule has 1 aromatic rings. The molecule has 0 aliphatic carbocycles. The summed E-state index contributed by atoms with van der Waals surface area (Å²) < 4.78 is 6.24. The Labute approximate surface area is 119 Å². The van der Waals surface area contributed by atoms with E-state index in [9.17, 15) is 10.1 Å². The molecular weight excluding hydrogens is 316 g/mol. The Hall–Kier alpha value is -1.25. The molecule has 0 amide bonds. The van der Waals surface area contributed by atoms with Gasteiger partial charge in [-0.3, -0.25) is 15.1 Å². The third kappa shape index (κ3) is 3.20. The average molecular weight is 331 g/mol. The minimum Gasteiger partial charge on any atom is -0.373 e. The maximum absolute atomic E-state index is 11.1. The molecule has 0 saturated carbocycles. The highest BCUT2D eigenvalue weighted by Crippen LogP contribution is 2.35. The topological polar surface area (TPSA) is 80.5 Å². The molecule has 8 heteroatoms. The van der Waals surface area contributed by atoms with E-state index in [0.29, 0.717) is 36.4 Å². The van der Waals surface area contributed by atoms with Crippen LogP contribution >= 0.6 is 15.9 Å². The predicted octanol–water partition coefficient (Wildman–Crippen LogP) is 1.18.